The van der Waals surface area contributed by atoms with Crippen LogP contribution in [0.2, 0.25) is 0 Å². The van der Waals surface area contributed by atoms with Crippen LogP contribution in [-0.2, 0) is 16.0 Å². The Hall–Kier alpha value is -2.17. The van der Waals surface area contributed by atoms with Gasteiger partial charge in [0, 0.05) is 6.54 Å². The van der Waals surface area contributed by atoms with Crippen molar-refractivity contribution in [2.24, 2.45) is 0 Å². The molecule has 1 heterocycles. The van der Waals surface area contributed by atoms with Crippen molar-refractivity contribution in [2.75, 3.05) is 18.0 Å². The number of carbonyl (C=O) groups is 3. The van der Waals surface area contributed by atoms with Gasteiger partial charge in [-0.2, -0.15) is 0 Å². The van der Waals surface area contributed by atoms with E-state index in [4.69, 9.17) is 0 Å². The van der Waals surface area contributed by atoms with Crippen molar-refractivity contribution >= 4 is 23.3 Å². The Kier molecular flexibility index (Phi) is 3.64. The third kappa shape index (κ3) is 2.36. The number of carbonyl (C=O) groups excluding carboxylic acids is 3. The fraction of sp³-hybridized carbons (Fsp3) is 0.357. The van der Waals surface area contributed by atoms with Gasteiger partial charge in [0.15, 0.2) is 0 Å². The molecule has 0 atom stereocenters. The Labute approximate surface area is 111 Å². The lowest BCUT2D eigenvalue weighted by molar-refractivity contribution is -0.122. The van der Waals surface area contributed by atoms with E-state index in [-0.39, 0.29) is 12.5 Å². The number of ketones is 1. The maximum atomic E-state index is 11.9. The van der Waals surface area contributed by atoms with E-state index < -0.39 is 11.7 Å². The summed E-state index contributed by atoms with van der Waals surface area (Å²) in [5.74, 6) is -1.43. The van der Waals surface area contributed by atoms with Gasteiger partial charge in [-0.3, -0.25) is 19.3 Å². The number of amides is 2. The smallest absolute Gasteiger partial charge is 0.299 e. The molecule has 0 fully saturated rings. The zero-order valence-corrected chi connectivity index (χ0v) is 11.0. The van der Waals surface area contributed by atoms with Gasteiger partial charge >= 0.3 is 0 Å². The molecule has 0 spiro atoms. The third-order valence-corrected chi connectivity index (χ3v) is 3.12. The van der Waals surface area contributed by atoms with Gasteiger partial charge in [-0.15, -0.1) is 0 Å². The maximum Gasteiger partial charge on any atom is 0.299 e. The Morgan fingerprint density at radius 2 is 2.00 bits per heavy atom. The van der Waals surface area contributed by atoms with E-state index in [2.05, 4.69) is 5.32 Å². The van der Waals surface area contributed by atoms with Crippen LogP contribution in [0.3, 0.4) is 0 Å². The van der Waals surface area contributed by atoms with Gasteiger partial charge in [0.05, 0.1) is 11.3 Å². The summed E-state index contributed by atoms with van der Waals surface area (Å²) in [6, 6.07) is 5.33. The lowest BCUT2D eigenvalue weighted by Gasteiger charge is -2.15. The van der Waals surface area contributed by atoms with Crippen molar-refractivity contribution in [3.05, 3.63) is 29.3 Å². The lowest BCUT2D eigenvalue weighted by Crippen LogP contribution is -2.40. The molecule has 1 aromatic rings. The number of likely N-dealkylation sites (N-methyl/N-ethyl adjacent to an activating group) is 1. The van der Waals surface area contributed by atoms with Crippen molar-refractivity contribution in [2.45, 2.75) is 20.3 Å². The van der Waals surface area contributed by atoms with E-state index >= 15 is 0 Å². The normalized spacial score (nSPS) is 13.7. The Morgan fingerprint density at radius 3 is 2.63 bits per heavy atom. The van der Waals surface area contributed by atoms with Crippen LogP contribution in [0.15, 0.2) is 18.2 Å². The highest BCUT2D eigenvalue weighted by Crippen LogP contribution is 2.29. The summed E-state index contributed by atoms with van der Waals surface area (Å²) in [4.78, 5) is 36.6. The van der Waals surface area contributed by atoms with Gasteiger partial charge in [-0.1, -0.05) is 13.0 Å². The fourth-order valence-electron chi connectivity index (χ4n) is 2.12. The topological polar surface area (TPSA) is 66.5 Å². The van der Waals surface area contributed by atoms with E-state index in [0.29, 0.717) is 17.8 Å². The van der Waals surface area contributed by atoms with Crippen molar-refractivity contribution in [3.8, 4) is 0 Å². The minimum absolute atomic E-state index is 0.114. The first-order valence-electron chi connectivity index (χ1n) is 6.34. The molecule has 100 valence electrons. The second-order valence-corrected chi connectivity index (χ2v) is 4.38. The number of anilines is 1. The van der Waals surface area contributed by atoms with Crippen LogP contribution in [0.1, 0.15) is 29.8 Å². The van der Waals surface area contributed by atoms with Gasteiger partial charge in [-0.05, 0) is 31.0 Å². The van der Waals surface area contributed by atoms with E-state index in [1.165, 1.54) is 4.90 Å². The van der Waals surface area contributed by atoms with Crippen LogP contribution in [0.4, 0.5) is 5.69 Å². The van der Waals surface area contributed by atoms with Crippen LogP contribution in [0.5, 0.6) is 0 Å². The average Bonchev–Trinajstić information content (AvgIpc) is 2.64. The number of nitrogens with one attached hydrogen (secondary N) is 1. The van der Waals surface area contributed by atoms with E-state index in [1.54, 1.807) is 19.1 Å². The number of rotatable bonds is 4. The quantitative estimate of drug-likeness (QED) is 0.818. The number of Topliss-reactive ketones (excluding diaryl/α,β-unsaturated/α-hetero) is 1. The number of fused-ring (bicyclic) bond motifs is 1. The predicted octanol–water partition coefficient (Wildman–Crippen LogP) is 0.914. The molecule has 0 saturated heterocycles. The first-order chi connectivity index (χ1) is 9.08. The van der Waals surface area contributed by atoms with Gasteiger partial charge in [0.2, 0.25) is 5.91 Å². The molecular formula is C14H16N2O3. The monoisotopic (exact) mass is 260 g/mol. The van der Waals surface area contributed by atoms with Crippen LogP contribution >= 0.6 is 0 Å². The van der Waals surface area contributed by atoms with Gasteiger partial charge < -0.3 is 5.32 Å². The summed E-state index contributed by atoms with van der Waals surface area (Å²) in [7, 11) is 0. The standard InChI is InChI=1S/C14H16N2O3/c1-3-9-5-6-11-10(7-9)13(18)14(19)16(11)8-12(17)15-4-2/h5-7H,3-4,8H2,1-2H3,(H,15,17). The summed E-state index contributed by atoms with van der Waals surface area (Å²) >= 11 is 0. The average molecular weight is 260 g/mol. The Morgan fingerprint density at radius 1 is 1.26 bits per heavy atom. The molecule has 0 aromatic heterocycles. The summed E-state index contributed by atoms with van der Waals surface area (Å²) < 4.78 is 0. The summed E-state index contributed by atoms with van der Waals surface area (Å²) in [6.07, 6.45) is 0.797. The molecular weight excluding hydrogens is 244 g/mol. The second-order valence-electron chi connectivity index (χ2n) is 4.38. The van der Waals surface area contributed by atoms with Crippen LogP contribution in [0, 0.1) is 0 Å². The molecule has 19 heavy (non-hydrogen) atoms. The first-order valence-corrected chi connectivity index (χ1v) is 6.34. The lowest BCUT2D eigenvalue weighted by atomic mass is 10.1. The summed E-state index contributed by atoms with van der Waals surface area (Å²) in [6.45, 7) is 4.17. The molecule has 1 aliphatic heterocycles. The minimum atomic E-state index is -0.630. The molecule has 2 rings (SSSR count). The maximum absolute atomic E-state index is 11.9. The highest BCUT2D eigenvalue weighted by molar-refractivity contribution is 6.52. The molecule has 1 aromatic carbocycles. The minimum Gasteiger partial charge on any atom is -0.355 e. The van der Waals surface area contributed by atoms with Crippen molar-refractivity contribution in [1.82, 2.24) is 5.32 Å². The van der Waals surface area contributed by atoms with Crippen molar-refractivity contribution < 1.29 is 14.4 Å². The third-order valence-electron chi connectivity index (χ3n) is 3.12. The molecule has 5 heteroatoms. The van der Waals surface area contributed by atoms with Crippen molar-refractivity contribution in [3.63, 3.8) is 0 Å². The van der Waals surface area contributed by atoms with E-state index in [9.17, 15) is 14.4 Å². The van der Waals surface area contributed by atoms with Gasteiger partial charge in [0.25, 0.3) is 11.7 Å². The number of nitrogens with zero attached hydrogens (tertiary/aromatic N) is 1. The van der Waals surface area contributed by atoms with E-state index in [1.807, 2.05) is 13.0 Å². The van der Waals surface area contributed by atoms with Gasteiger partial charge in [-0.25, -0.2) is 0 Å². The fourth-order valence-corrected chi connectivity index (χ4v) is 2.12. The van der Waals surface area contributed by atoms with Crippen LogP contribution in [-0.4, -0.2) is 30.7 Å². The molecule has 0 radical (unpaired) electrons. The molecule has 1 aliphatic rings. The highest BCUT2D eigenvalue weighted by Gasteiger charge is 2.36. The van der Waals surface area contributed by atoms with Gasteiger partial charge in [0.1, 0.15) is 6.54 Å². The number of benzene rings is 1. The van der Waals surface area contributed by atoms with Crippen molar-refractivity contribution in [1.29, 1.82) is 0 Å². The number of hydrogen-bond acceptors (Lipinski definition) is 3. The second kappa shape index (κ2) is 5.22. The zero-order chi connectivity index (χ0) is 14.0. The number of aryl methyl sites for hydroxylation is 1. The Balaban J connectivity index is 2.31. The Bertz CT molecular complexity index is 552. The SMILES string of the molecule is CCNC(=O)CN1C(=O)C(=O)c2cc(CC)ccc21. The molecule has 0 bridgehead atoms. The molecule has 5 nitrogen and oxygen atoms in total. The molecule has 1 N–H and O–H groups in total. The highest BCUT2D eigenvalue weighted by atomic mass is 16.2. The predicted molar refractivity (Wildman–Crippen MR) is 71.2 cm³/mol. The summed E-state index contributed by atoms with van der Waals surface area (Å²) in [5, 5.41) is 2.62. The molecule has 0 unspecified atom stereocenters. The van der Waals surface area contributed by atoms with E-state index in [0.717, 1.165) is 12.0 Å². The molecule has 0 aliphatic carbocycles. The summed E-state index contributed by atoms with van der Waals surface area (Å²) in [5.41, 5.74) is 1.92. The number of hydrogen-bond donors (Lipinski definition) is 1. The first kappa shape index (κ1) is 13.3. The molecule has 0 saturated carbocycles. The largest absolute Gasteiger partial charge is 0.355 e. The zero-order valence-electron chi connectivity index (χ0n) is 11.0. The van der Waals surface area contributed by atoms with Crippen LogP contribution in [0.25, 0.3) is 0 Å². The van der Waals surface area contributed by atoms with Crippen LogP contribution < -0.4 is 10.2 Å². The molecule has 2 amide bonds.